The number of aliphatic hydroxyl groups is 1. The van der Waals surface area contributed by atoms with Gasteiger partial charge in [0, 0.05) is 117 Å². The predicted octanol–water partition coefficient (Wildman–Crippen LogP) is 5.01. The van der Waals surface area contributed by atoms with Crippen molar-refractivity contribution in [2.45, 2.75) is 179 Å². The largest absolute Gasteiger partial charge is 0.481 e. The molecule has 3 aromatic rings. The molecule has 0 saturated carbocycles. The van der Waals surface area contributed by atoms with Crippen LogP contribution in [0, 0.1) is 12.3 Å². The SMILES string of the molecule is C#CCOCCOCCOCCNc1nc(N2CCN(C(=O)CCCCCCCCCCNC(=O)[C@@H](CCSC)n3cc(CCO)nn3)CC2)nc(N2CCN(C(=O)CCCCCCCCCCNC(=O)[C@@H](CCC(=O)O)n3cc(CCCCCN)nn3)CC2)n1. The van der Waals surface area contributed by atoms with Gasteiger partial charge >= 0.3 is 5.97 Å². The van der Waals surface area contributed by atoms with Crippen molar-refractivity contribution in [2.24, 2.45) is 5.73 Å². The van der Waals surface area contributed by atoms with Crippen LogP contribution in [0.15, 0.2) is 12.4 Å². The molecular weight excluding hydrogens is 1190 g/mol. The molecular formula is C63H107N17O10S. The number of thioether (sulfide) groups is 1. The van der Waals surface area contributed by atoms with E-state index in [0.29, 0.717) is 161 Å². The average Bonchev–Trinajstić information content (AvgIpc) is 2.83. The van der Waals surface area contributed by atoms with Crippen LogP contribution in [0.3, 0.4) is 0 Å². The Bertz CT molecular complexity index is 2540. The first kappa shape index (κ1) is 75.5. The Kier molecular flexibility index (Phi) is 38.8. The second-order valence-electron chi connectivity index (χ2n) is 23.3. The van der Waals surface area contributed by atoms with Crippen molar-refractivity contribution in [2.75, 3.05) is 152 Å². The summed E-state index contributed by atoms with van der Waals surface area (Å²) < 4.78 is 19.7. The fourth-order valence-electron chi connectivity index (χ4n) is 10.9. The van der Waals surface area contributed by atoms with Gasteiger partial charge in [0.15, 0.2) is 0 Å². The van der Waals surface area contributed by atoms with Crippen molar-refractivity contribution in [1.82, 2.24) is 65.4 Å². The third-order valence-corrected chi connectivity index (χ3v) is 16.9. The van der Waals surface area contributed by atoms with Gasteiger partial charge in [0.05, 0.1) is 44.4 Å². The number of aliphatic hydroxyl groups excluding tert-OH is 1. The van der Waals surface area contributed by atoms with Crippen molar-refractivity contribution in [3.05, 3.63) is 23.8 Å². The third kappa shape index (κ3) is 30.8. The first-order chi connectivity index (χ1) is 44.5. The van der Waals surface area contributed by atoms with E-state index in [1.165, 1.54) is 4.68 Å². The van der Waals surface area contributed by atoms with Gasteiger partial charge in [-0.15, -0.1) is 16.6 Å². The van der Waals surface area contributed by atoms with Gasteiger partial charge in [-0.3, -0.25) is 24.0 Å². The summed E-state index contributed by atoms with van der Waals surface area (Å²) in [6.45, 7) is 9.28. The number of ether oxygens (including phenoxy) is 3. The summed E-state index contributed by atoms with van der Waals surface area (Å²) in [6.07, 6.45) is 32.6. The number of hydrogen-bond donors (Lipinski definition) is 6. The molecule has 0 radical (unpaired) electrons. The fourth-order valence-corrected chi connectivity index (χ4v) is 11.4. The number of amides is 4. The minimum Gasteiger partial charge on any atom is -0.481 e. The lowest BCUT2D eigenvalue weighted by molar-refractivity contribution is -0.137. The number of rotatable bonds is 52. The summed E-state index contributed by atoms with van der Waals surface area (Å²) in [4.78, 5) is 87.0. The number of piperazine rings is 2. The molecule has 0 spiro atoms. The maximum Gasteiger partial charge on any atom is 0.303 e. The molecule has 0 unspecified atom stereocenters. The second kappa shape index (κ2) is 46.8. The molecule has 0 aliphatic carbocycles. The summed E-state index contributed by atoms with van der Waals surface area (Å²) in [5.41, 5.74) is 7.05. The predicted molar refractivity (Wildman–Crippen MR) is 352 cm³/mol. The molecule has 0 aromatic carbocycles. The van der Waals surface area contributed by atoms with Gasteiger partial charge < -0.3 is 65.7 Å². The number of aliphatic carboxylic acids is 1. The smallest absolute Gasteiger partial charge is 0.303 e. The molecule has 4 amide bonds. The Labute approximate surface area is 543 Å². The van der Waals surface area contributed by atoms with Crippen molar-refractivity contribution >= 4 is 59.2 Å². The van der Waals surface area contributed by atoms with E-state index in [-0.39, 0.29) is 49.7 Å². The molecule has 2 atom stereocenters. The van der Waals surface area contributed by atoms with E-state index in [1.54, 1.807) is 28.8 Å². The number of unbranched alkanes of at least 4 members (excludes halogenated alkanes) is 16. The topological polar surface area (TPSA) is 329 Å². The van der Waals surface area contributed by atoms with Crippen LogP contribution in [-0.2, 0) is 51.0 Å². The van der Waals surface area contributed by atoms with E-state index >= 15 is 0 Å². The molecule has 510 valence electrons. The van der Waals surface area contributed by atoms with E-state index in [2.05, 4.69) is 52.3 Å². The second-order valence-corrected chi connectivity index (χ2v) is 24.3. The number of carboxylic acids is 1. The number of anilines is 3. The Morgan fingerprint density at radius 1 is 0.582 bits per heavy atom. The zero-order valence-electron chi connectivity index (χ0n) is 54.4. The van der Waals surface area contributed by atoms with Crippen LogP contribution in [0.25, 0.3) is 0 Å². The van der Waals surface area contributed by atoms with Crippen molar-refractivity contribution in [1.29, 1.82) is 0 Å². The van der Waals surface area contributed by atoms with Crippen molar-refractivity contribution < 1.29 is 48.4 Å². The molecule has 91 heavy (non-hydrogen) atoms. The molecule has 2 saturated heterocycles. The van der Waals surface area contributed by atoms with Crippen LogP contribution in [-0.4, -0.2) is 231 Å². The van der Waals surface area contributed by atoms with E-state index in [0.717, 1.165) is 140 Å². The van der Waals surface area contributed by atoms with Crippen LogP contribution in [0.5, 0.6) is 0 Å². The number of nitrogens with zero attached hydrogens (tertiary/aromatic N) is 13. The average molecular weight is 1290 g/mol. The number of terminal acetylenes is 1. The Hall–Kier alpha value is -6.25. The standard InChI is InChI=1S/C63H107N17O10S/c1-3-43-88-45-47-90-48-46-89-44-33-67-61-68-62(70-63(69-61)78-40-36-76(37-41-78)57(83)25-19-13-9-5-7-11-15-22-32-66-60(87)55(29-49-91-2)80-51-53(28-42-81)72-74-80)77-38-34-75(35-39-77)56(82)24-18-12-8-4-6-10-14-21-31-65-59(86)54(26-27-58(84)85)79-50-52(71-73-79)23-17-16-20-30-64/h1,50-51,54-55,81H,4-49,64H2,2H3,(H,65,86)(H,66,87)(H,84,85)(H,67,68,69,70)/t54-,55-/m1/s1. The highest BCUT2D eigenvalue weighted by Gasteiger charge is 2.28. The number of nitrogens with one attached hydrogen (secondary N) is 3. The molecule has 5 rings (SSSR count). The van der Waals surface area contributed by atoms with Gasteiger partial charge in [-0.25, -0.2) is 9.36 Å². The zero-order valence-corrected chi connectivity index (χ0v) is 55.2. The highest BCUT2D eigenvalue weighted by atomic mass is 32.2. The minimum absolute atomic E-state index is 0.00877. The van der Waals surface area contributed by atoms with E-state index in [1.807, 2.05) is 16.1 Å². The summed E-state index contributed by atoms with van der Waals surface area (Å²) in [6, 6.07) is -1.14. The highest BCUT2D eigenvalue weighted by Crippen LogP contribution is 2.23. The molecule has 27 nitrogen and oxygen atoms in total. The Balaban J connectivity index is 0.956. The minimum atomic E-state index is -0.960. The van der Waals surface area contributed by atoms with Gasteiger partial charge in [-0.2, -0.15) is 26.7 Å². The molecule has 5 heterocycles. The number of aryl methyl sites for hydroxylation is 1. The molecule has 2 fully saturated rings. The number of hydrogen-bond acceptors (Lipinski definition) is 21. The Morgan fingerprint density at radius 2 is 1.04 bits per heavy atom. The number of aromatic nitrogens is 9. The molecule has 2 aliphatic heterocycles. The zero-order chi connectivity index (χ0) is 64.9. The van der Waals surface area contributed by atoms with E-state index in [9.17, 15) is 34.2 Å². The number of carbonyl (C=O) groups excluding carboxylic acids is 4. The number of carbonyl (C=O) groups is 5. The fraction of sp³-hybridized carbons (Fsp3) is 0.778. The van der Waals surface area contributed by atoms with Gasteiger partial charge in [0.2, 0.25) is 41.5 Å². The van der Waals surface area contributed by atoms with Crippen molar-refractivity contribution in [3.8, 4) is 12.3 Å². The van der Waals surface area contributed by atoms with Gasteiger partial charge in [-0.05, 0) is 76.3 Å². The number of carboxylic acid groups (broad SMARTS) is 1. The third-order valence-electron chi connectivity index (χ3n) is 16.2. The lowest BCUT2D eigenvalue weighted by Gasteiger charge is -2.36. The quantitative estimate of drug-likeness (QED) is 0.0320. The van der Waals surface area contributed by atoms with Crippen LogP contribution in [0.4, 0.5) is 17.8 Å². The lowest BCUT2D eigenvalue weighted by Crippen LogP contribution is -2.50. The normalized spacial score (nSPS) is 14.1. The van der Waals surface area contributed by atoms with Gasteiger partial charge in [0.1, 0.15) is 18.7 Å². The summed E-state index contributed by atoms with van der Waals surface area (Å²) in [5.74, 6) is 3.88. The Morgan fingerprint density at radius 3 is 1.53 bits per heavy atom. The summed E-state index contributed by atoms with van der Waals surface area (Å²) in [7, 11) is 0. The highest BCUT2D eigenvalue weighted by molar-refractivity contribution is 7.98. The van der Waals surface area contributed by atoms with Crippen molar-refractivity contribution in [3.63, 3.8) is 0 Å². The monoisotopic (exact) mass is 1290 g/mol. The molecule has 0 bridgehead atoms. The molecule has 2 aliphatic rings. The number of nitrogens with two attached hydrogens (primary N) is 1. The maximum absolute atomic E-state index is 13.4. The van der Waals surface area contributed by atoms with Gasteiger partial charge in [0.25, 0.3) is 0 Å². The van der Waals surface area contributed by atoms with Crippen LogP contribution in [0.1, 0.15) is 178 Å². The molecule has 7 N–H and O–H groups in total. The lowest BCUT2D eigenvalue weighted by atomic mass is 10.1. The van der Waals surface area contributed by atoms with Crippen LogP contribution >= 0.6 is 11.8 Å². The maximum atomic E-state index is 13.4. The van der Waals surface area contributed by atoms with E-state index < -0.39 is 18.1 Å². The summed E-state index contributed by atoms with van der Waals surface area (Å²) >= 11 is 1.69. The van der Waals surface area contributed by atoms with Crippen LogP contribution < -0.4 is 31.5 Å². The van der Waals surface area contributed by atoms with Crippen LogP contribution in [0.2, 0.25) is 0 Å². The summed E-state index contributed by atoms with van der Waals surface area (Å²) in [5, 5.41) is 44.5. The molecule has 3 aromatic heterocycles. The first-order valence-corrected chi connectivity index (χ1v) is 35.0. The van der Waals surface area contributed by atoms with Gasteiger partial charge in [-0.1, -0.05) is 99.8 Å². The first-order valence-electron chi connectivity index (χ1n) is 33.6. The van der Waals surface area contributed by atoms with E-state index in [4.69, 9.17) is 41.3 Å². The molecule has 28 heteroatoms.